The van der Waals surface area contributed by atoms with Crippen molar-refractivity contribution in [1.29, 1.82) is 0 Å². The van der Waals surface area contributed by atoms with Crippen LogP contribution in [0.25, 0.3) is 0 Å². The summed E-state index contributed by atoms with van der Waals surface area (Å²) < 4.78 is 27.1. The lowest BCUT2D eigenvalue weighted by atomic mass is 10.0. The van der Waals surface area contributed by atoms with Crippen LogP contribution in [-0.4, -0.2) is 34.8 Å². The second-order valence-corrected chi connectivity index (χ2v) is 14.2. The summed E-state index contributed by atoms with van der Waals surface area (Å²) in [4.78, 5) is 0. The maximum absolute atomic E-state index is 12.1. The number of benzene rings is 1. The van der Waals surface area contributed by atoms with Crippen molar-refractivity contribution in [2.24, 2.45) is 0 Å². The Bertz CT molecular complexity index is 567. The van der Waals surface area contributed by atoms with E-state index in [-0.39, 0.29) is 11.8 Å². The fraction of sp³-hybridized carbons (Fsp3) is 0.571. The van der Waals surface area contributed by atoms with Gasteiger partial charge in [-0.25, -0.2) is 13.1 Å². The molecule has 0 unspecified atom stereocenters. The normalized spacial score (nSPS) is 19.2. The standard InChI is InChI=1S/C14H24N2O2SSi/c1-20(2,3)9-8-19(17,18)16-13-10-12-6-4-5-7-14(12)15-11-13/h4-7,13,15-16H,8-11H2,1-3H3/t13-/m0/s1. The van der Waals surface area contributed by atoms with E-state index < -0.39 is 18.1 Å². The molecule has 1 aliphatic heterocycles. The second-order valence-electron chi connectivity index (χ2n) is 6.69. The second kappa shape index (κ2) is 5.87. The molecule has 1 atom stereocenters. The lowest BCUT2D eigenvalue weighted by Gasteiger charge is -2.27. The third-order valence-electron chi connectivity index (χ3n) is 3.49. The molecular weight excluding hydrogens is 288 g/mol. The van der Waals surface area contributed by atoms with Gasteiger partial charge in [0, 0.05) is 26.3 Å². The quantitative estimate of drug-likeness (QED) is 0.820. The van der Waals surface area contributed by atoms with E-state index in [0.717, 1.165) is 18.2 Å². The molecular formula is C14H24N2O2SSi. The minimum atomic E-state index is -3.17. The first-order chi connectivity index (χ1) is 9.25. The molecule has 0 aliphatic carbocycles. The van der Waals surface area contributed by atoms with E-state index in [1.54, 1.807) is 0 Å². The summed E-state index contributed by atoms with van der Waals surface area (Å²) in [6.45, 7) is 7.24. The van der Waals surface area contributed by atoms with Crippen molar-refractivity contribution >= 4 is 23.8 Å². The van der Waals surface area contributed by atoms with Crippen molar-refractivity contribution in [1.82, 2.24) is 4.72 Å². The molecule has 2 N–H and O–H groups in total. The summed E-state index contributed by atoms with van der Waals surface area (Å²) >= 11 is 0. The zero-order chi connectivity index (χ0) is 14.8. The third kappa shape index (κ3) is 4.61. The van der Waals surface area contributed by atoms with Gasteiger partial charge in [0.15, 0.2) is 0 Å². The van der Waals surface area contributed by atoms with Gasteiger partial charge in [-0.05, 0) is 24.1 Å². The Morgan fingerprint density at radius 1 is 1.30 bits per heavy atom. The van der Waals surface area contributed by atoms with Crippen molar-refractivity contribution in [2.75, 3.05) is 17.6 Å². The van der Waals surface area contributed by atoms with Gasteiger partial charge < -0.3 is 5.32 Å². The van der Waals surface area contributed by atoms with Crippen LogP contribution in [0.1, 0.15) is 5.56 Å². The van der Waals surface area contributed by atoms with Gasteiger partial charge in [-0.1, -0.05) is 37.8 Å². The number of rotatable bonds is 5. The molecule has 0 bridgehead atoms. The van der Waals surface area contributed by atoms with Crippen LogP contribution in [-0.2, 0) is 16.4 Å². The van der Waals surface area contributed by atoms with Crippen LogP contribution in [0.5, 0.6) is 0 Å². The SMILES string of the molecule is C[Si](C)(C)CCS(=O)(=O)N[C@@H]1CNc2ccccc2C1. The lowest BCUT2D eigenvalue weighted by Crippen LogP contribution is -2.45. The molecule has 0 radical (unpaired) electrons. The number of anilines is 1. The molecule has 6 heteroatoms. The minimum Gasteiger partial charge on any atom is -0.383 e. The summed E-state index contributed by atoms with van der Waals surface area (Å²) in [5.74, 6) is 0.251. The van der Waals surface area contributed by atoms with E-state index in [1.165, 1.54) is 5.56 Å². The molecule has 0 saturated carbocycles. The first-order valence-electron chi connectivity index (χ1n) is 7.07. The smallest absolute Gasteiger partial charge is 0.211 e. The molecule has 0 aromatic heterocycles. The zero-order valence-corrected chi connectivity index (χ0v) is 14.3. The predicted molar refractivity (Wildman–Crippen MR) is 87.5 cm³/mol. The van der Waals surface area contributed by atoms with Gasteiger partial charge in [-0.15, -0.1) is 0 Å². The van der Waals surface area contributed by atoms with Gasteiger partial charge in [-0.2, -0.15) is 0 Å². The summed E-state index contributed by atoms with van der Waals surface area (Å²) in [5, 5.41) is 3.29. The number of para-hydroxylation sites is 1. The van der Waals surface area contributed by atoms with Crippen LogP contribution >= 0.6 is 0 Å². The maximum atomic E-state index is 12.1. The molecule has 1 aliphatic rings. The molecule has 1 aromatic rings. The highest BCUT2D eigenvalue weighted by Crippen LogP contribution is 2.21. The summed E-state index contributed by atoms with van der Waals surface area (Å²) in [6.07, 6.45) is 0.759. The van der Waals surface area contributed by atoms with Gasteiger partial charge >= 0.3 is 0 Å². The average molecular weight is 313 g/mol. The van der Waals surface area contributed by atoms with Crippen LogP contribution in [0.3, 0.4) is 0 Å². The highest BCUT2D eigenvalue weighted by Gasteiger charge is 2.24. The Balaban J connectivity index is 1.95. The predicted octanol–water partition coefficient (Wildman–Crippen LogP) is 2.28. The van der Waals surface area contributed by atoms with E-state index in [1.807, 2.05) is 24.3 Å². The van der Waals surface area contributed by atoms with Crippen molar-refractivity contribution in [3.63, 3.8) is 0 Å². The first-order valence-corrected chi connectivity index (χ1v) is 12.4. The van der Waals surface area contributed by atoms with Gasteiger partial charge in [0.1, 0.15) is 0 Å². The van der Waals surface area contributed by atoms with Crippen LogP contribution in [0.15, 0.2) is 24.3 Å². The van der Waals surface area contributed by atoms with Gasteiger partial charge in [0.05, 0.1) is 5.75 Å². The largest absolute Gasteiger partial charge is 0.383 e. The number of hydrogen-bond acceptors (Lipinski definition) is 3. The van der Waals surface area contributed by atoms with Crippen molar-refractivity contribution in [3.8, 4) is 0 Å². The Hall–Kier alpha value is -0.853. The highest BCUT2D eigenvalue weighted by molar-refractivity contribution is 7.89. The molecule has 0 fully saturated rings. The Labute approximate surface area is 123 Å². The Kier molecular flexibility index (Phi) is 4.56. The number of sulfonamides is 1. The number of hydrogen-bond donors (Lipinski definition) is 2. The molecule has 0 spiro atoms. The molecule has 1 heterocycles. The zero-order valence-electron chi connectivity index (χ0n) is 12.4. The van der Waals surface area contributed by atoms with Gasteiger partial charge in [-0.3, -0.25) is 0 Å². The molecule has 112 valence electrons. The maximum Gasteiger partial charge on any atom is 0.211 e. The summed E-state index contributed by atoms with van der Waals surface area (Å²) in [6, 6.07) is 8.82. The van der Waals surface area contributed by atoms with Crippen molar-refractivity contribution in [3.05, 3.63) is 29.8 Å². The first kappa shape index (κ1) is 15.5. The van der Waals surface area contributed by atoms with Crippen molar-refractivity contribution in [2.45, 2.75) is 38.1 Å². The lowest BCUT2D eigenvalue weighted by molar-refractivity contribution is 0.549. The minimum absolute atomic E-state index is 0.0449. The average Bonchev–Trinajstić information content (AvgIpc) is 2.35. The van der Waals surface area contributed by atoms with E-state index in [4.69, 9.17) is 0 Å². The van der Waals surface area contributed by atoms with Crippen LogP contribution in [0, 0.1) is 0 Å². The molecule has 0 amide bonds. The molecule has 20 heavy (non-hydrogen) atoms. The molecule has 1 aromatic carbocycles. The summed E-state index contributed by atoms with van der Waals surface area (Å²) in [7, 11) is -4.50. The monoisotopic (exact) mass is 312 g/mol. The fourth-order valence-corrected chi connectivity index (χ4v) is 6.60. The van der Waals surface area contributed by atoms with Crippen molar-refractivity contribution < 1.29 is 8.42 Å². The fourth-order valence-electron chi connectivity index (χ4n) is 2.28. The summed E-state index contributed by atoms with van der Waals surface area (Å²) in [5.41, 5.74) is 2.29. The van der Waals surface area contributed by atoms with Crippen LogP contribution in [0.2, 0.25) is 25.7 Å². The third-order valence-corrected chi connectivity index (χ3v) is 7.04. The van der Waals surface area contributed by atoms with E-state index in [9.17, 15) is 8.42 Å². The Morgan fingerprint density at radius 2 is 2.00 bits per heavy atom. The van der Waals surface area contributed by atoms with E-state index in [2.05, 4.69) is 29.7 Å². The topological polar surface area (TPSA) is 58.2 Å². The van der Waals surface area contributed by atoms with E-state index >= 15 is 0 Å². The van der Waals surface area contributed by atoms with Gasteiger partial charge in [0.2, 0.25) is 10.0 Å². The van der Waals surface area contributed by atoms with E-state index in [0.29, 0.717) is 6.54 Å². The number of fused-ring (bicyclic) bond motifs is 1. The van der Waals surface area contributed by atoms with Gasteiger partial charge in [0.25, 0.3) is 0 Å². The molecule has 0 saturated heterocycles. The highest BCUT2D eigenvalue weighted by atomic mass is 32.2. The molecule has 4 nitrogen and oxygen atoms in total. The molecule has 2 rings (SSSR count). The van der Waals surface area contributed by atoms with Crippen LogP contribution in [0.4, 0.5) is 5.69 Å². The number of nitrogens with one attached hydrogen (secondary N) is 2. The van der Waals surface area contributed by atoms with Crippen LogP contribution < -0.4 is 10.0 Å². The Morgan fingerprint density at radius 3 is 2.70 bits per heavy atom.